The van der Waals surface area contributed by atoms with E-state index in [4.69, 9.17) is 10.7 Å². The number of nitrogens with two attached hydrogens (primary N) is 1. The van der Waals surface area contributed by atoms with Gasteiger partial charge in [0.15, 0.2) is 0 Å². The minimum atomic E-state index is 0.385. The number of rotatable bonds is 5. The molecule has 120 valence electrons. The highest BCUT2D eigenvalue weighted by molar-refractivity contribution is 5.50. The first-order valence-corrected chi connectivity index (χ1v) is 8.03. The third kappa shape index (κ3) is 3.37. The molecule has 0 spiro atoms. The van der Waals surface area contributed by atoms with Crippen LogP contribution in [0.5, 0.6) is 0 Å². The maximum Gasteiger partial charge on any atom is 0.137 e. The number of hydrogen-bond donors (Lipinski definition) is 1. The van der Waals surface area contributed by atoms with Gasteiger partial charge in [0.25, 0.3) is 0 Å². The van der Waals surface area contributed by atoms with Gasteiger partial charge in [-0.25, -0.2) is 4.98 Å². The Hall–Kier alpha value is -2.33. The average Bonchev–Trinajstić information content (AvgIpc) is 2.86. The van der Waals surface area contributed by atoms with Crippen LogP contribution < -0.4 is 5.73 Å². The molecule has 4 nitrogen and oxygen atoms in total. The molecule has 0 aliphatic carbocycles. The minimum Gasteiger partial charge on any atom is -0.398 e. The van der Waals surface area contributed by atoms with Crippen molar-refractivity contribution in [1.29, 1.82) is 0 Å². The van der Waals surface area contributed by atoms with Gasteiger partial charge >= 0.3 is 0 Å². The number of anilines is 1. The molecule has 0 fully saturated rings. The highest BCUT2D eigenvalue weighted by Crippen LogP contribution is 2.23. The number of hydrogen-bond acceptors (Lipinski definition) is 3. The number of imidazole rings is 1. The molecule has 0 amide bonds. The molecule has 0 atom stereocenters. The molecule has 0 unspecified atom stereocenters. The summed E-state index contributed by atoms with van der Waals surface area (Å²) in [7, 11) is 2.14. The third-order valence-electron chi connectivity index (χ3n) is 4.03. The van der Waals surface area contributed by atoms with E-state index in [1.54, 1.807) is 0 Å². The lowest BCUT2D eigenvalue weighted by Crippen LogP contribution is -2.19. The molecule has 0 saturated carbocycles. The molecule has 4 heteroatoms. The number of pyridine rings is 1. The van der Waals surface area contributed by atoms with Gasteiger partial charge in [0.1, 0.15) is 5.65 Å². The second-order valence-electron chi connectivity index (χ2n) is 6.45. The van der Waals surface area contributed by atoms with Crippen LogP contribution in [0, 0.1) is 0 Å². The molecule has 0 saturated heterocycles. The summed E-state index contributed by atoms with van der Waals surface area (Å²) in [5.74, 6) is 0.385. The number of aromatic nitrogens is 2. The van der Waals surface area contributed by atoms with Crippen LogP contribution in [0.15, 0.2) is 48.7 Å². The lowest BCUT2D eigenvalue weighted by molar-refractivity contribution is 0.312. The molecule has 0 radical (unpaired) electrons. The van der Waals surface area contributed by atoms with E-state index in [2.05, 4.69) is 54.5 Å². The molecule has 2 N–H and O–H groups in total. The van der Waals surface area contributed by atoms with Gasteiger partial charge in [-0.1, -0.05) is 44.2 Å². The van der Waals surface area contributed by atoms with E-state index in [0.29, 0.717) is 5.92 Å². The predicted molar refractivity (Wildman–Crippen MR) is 95.3 cm³/mol. The van der Waals surface area contributed by atoms with Crippen LogP contribution in [0.2, 0.25) is 0 Å². The van der Waals surface area contributed by atoms with Crippen LogP contribution in [0.3, 0.4) is 0 Å². The number of fused-ring (bicyclic) bond motifs is 1. The van der Waals surface area contributed by atoms with E-state index in [-0.39, 0.29) is 0 Å². The lowest BCUT2D eigenvalue weighted by atomic mass is 10.1. The number of nitrogen functional groups attached to an aromatic ring is 1. The summed E-state index contributed by atoms with van der Waals surface area (Å²) in [6.07, 6.45) is 1.97. The van der Waals surface area contributed by atoms with Crippen LogP contribution >= 0.6 is 0 Å². The molecule has 0 bridgehead atoms. The van der Waals surface area contributed by atoms with Gasteiger partial charge in [-0.3, -0.25) is 4.90 Å². The Labute approximate surface area is 137 Å². The summed E-state index contributed by atoms with van der Waals surface area (Å²) in [5.41, 5.74) is 11.4. The van der Waals surface area contributed by atoms with Gasteiger partial charge in [-0.15, -0.1) is 0 Å². The van der Waals surface area contributed by atoms with Crippen molar-refractivity contribution in [3.8, 4) is 0 Å². The van der Waals surface area contributed by atoms with Crippen molar-refractivity contribution in [1.82, 2.24) is 14.3 Å². The maximum atomic E-state index is 5.97. The highest BCUT2D eigenvalue weighted by Gasteiger charge is 2.16. The van der Waals surface area contributed by atoms with Crippen LogP contribution in [0.1, 0.15) is 36.7 Å². The van der Waals surface area contributed by atoms with Crippen molar-refractivity contribution in [3.63, 3.8) is 0 Å². The number of nitrogens with zero attached hydrogens (tertiary/aromatic N) is 3. The summed E-state index contributed by atoms with van der Waals surface area (Å²) in [4.78, 5) is 7.11. The maximum absolute atomic E-state index is 5.97. The molecule has 2 aromatic heterocycles. The first-order valence-electron chi connectivity index (χ1n) is 8.03. The summed E-state index contributed by atoms with van der Waals surface area (Å²) < 4.78 is 2.13. The summed E-state index contributed by atoms with van der Waals surface area (Å²) in [6, 6.07) is 14.4. The Kier molecular flexibility index (Phi) is 4.35. The van der Waals surface area contributed by atoms with Gasteiger partial charge in [-0.2, -0.15) is 0 Å². The summed E-state index contributed by atoms with van der Waals surface area (Å²) in [6.45, 7) is 6.12. The third-order valence-corrected chi connectivity index (χ3v) is 4.03. The smallest absolute Gasteiger partial charge is 0.137 e. The van der Waals surface area contributed by atoms with Crippen molar-refractivity contribution >= 4 is 11.3 Å². The topological polar surface area (TPSA) is 46.6 Å². The molecule has 0 aliphatic rings. The fourth-order valence-corrected chi connectivity index (χ4v) is 2.95. The van der Waals surface area contributed by atoms with E-state index < -0.39 is 0 Å². The minimum absolute atomic E-state index is 0.385. The molecule has 23 heavy (non-hydrogen) atoms. The van der Waals surface area contributed by atoms with Crippen molar-refractivity contribution in [3.05, 3.63) is 65.6 Å². The van der Waals surface area contributed by atoms with Gasteiger partial charge < -0.3 is 10.1 Å². The van der Waals surface area contributed by atoms with Crippen molar-refractivity contribution in [2.24, 2.45) is 0 Å². The zero-order valence-electron chi connectivity index (χ0n) is 14.0. The first-order chi connectivity index (χ1) is 11.0. The van der Waals surface area contributed by atoms with Gasteiger partial charge in [-0.05, 0) is 30.7 Å². The second kappa shape index (κ2) is 6.42. The van der Waals surface area contributed by atoms with Crippen molar-refractivity contribution in [2.75, 3.05) is 12.8 Å². The fraction of sp³-hybridized carbons (Fsp3) is 0.316. The normalized spacial score (nSPS) is 11.7. The molecular formula is C19H24N4. The standard InChI is InChI=1S/C19H24N4/c1-14(2)19-17(23-12-16(20)9-10-18(23)21-19)13-22(3)11-15-7-5-4-6-8-15/h4-10,12,14H,11,13,20H2,1-3H3. The Morgan fingerprint density at radius 1 is 1.09 bits per heavy atom. The zero-order valence-corrected chi connectivity index (χ0v) is 14.0. The summed E-state index contributed by atoms with van der Waals surface area (Å²) in [5, 5.41) is 0. The number of benzene rings is 1. The SMILES string of the molecule is CC(C)c1nc2ccc(N)cn2c1CN(C)Cc1ccccc1. The van der Waals surface area contributed by atoms with Crippen LogP contribution in [-0.4, -0.2) is 21.3 Å². The van der Waals surface area contributed by atoms with E-state index in [1.165, 1.54) is 11.3 Å². The lowest BCUT2D eigenvalue weighted by Gasteiger charge is -2.18. The van der Waals surface area contributed by atoms with Crippen LogP contribution in [0.25, 0.3) is 5.65 Å². The predicted octanol–water partition coefficient (Wildman–Crippen LogP) is 3.67. The average molecular weight is 308 g/mol. The van der Waals surface area contributed by atoms with Gasteiger partial charge in [0, 0.05) is 25.0 Å². The summed E-state index contributed by atoms with van der Waals surface area (Å²) >= 11 is 0. The van der Waals surface area contributed by atoms with E-state index in [9.17, 15) is 0 Å². The molecule has 3 aromatic rings. The first kappa shape index (κ1) is 15.6. The van der Waals surface area contributed by atoms with Crippen LogP contribution in [0.4, 0.5) is 5.69 Å². The fourth-order valence-electron chi connectivity index (χ4n) is 2.95. The van der Waals surface area contributed by atoms with Gasteiger partial charge in [0.2, 0.25) is 0 Å². The van der Waals surface area contributed by atoms with E-state index in [1.807, 2.05) is 24.4 Å². The quantitative estimate of drug-likeness (QED) is 0.782. The Balaban J connectivity index is 1.91. The molecule has 1 aromatic carbocycles. The Morgan fingerprint density at radius 3 is 2.52 bits per heavy atom. The van der Waals surface area contributed by atoms with Crippen molar-refractivity contribution < 1.29 is 0 Å². The Bertz CT molecular complexity index is 790. The molecular weight excluding hydrogens is 284 g/mol. The largest absolute Gasteiger partial charge is 0.398 e. The highest BCUT2D eigenvalue weighted by atomic mass is 15.1. The van der Waals surface area contributed by atoms with E-state index >= 15 is 0 Å². The Morgan fingerprint density at radius 2 is 1.83 bits per heavy atom. The van der Waals surface area contributed by atoms with Crippen molar-refractivity contribution in [2.45, 2.75) is 32.9 Å². The van der Waals surface area contributed by atoms with E-state index in [0.717, 1.165) is 30.1 Å². The zero-order chi connectivity index (χ0) is 16.4. The monoisotopic (exact) mass is 308 g/mol. The molecule has 3 rings (SSSR count). The molecule has 0 aliphatic heterocycles. The van der Waals surface area contributed by atoms with Gasteiger partial charge in [0.05, 0.1) is 11.4 Å². The van der Waals surface area contributed by atoms with Crippen LogP contribution in [-0.2, 0) is 13.1 Å². The molecule has 2 heterocycles. The second-order valence-corrected chi connectivity index (χ2v) is 6.45.